The van der Waals surface area contributed by atoms with Crippen molar-refractivity contribution in [2.24, 2.45) is 5.73 Å². The van der Waals surface area contributed by atoms with Gasteiger partial charge in [-0.15, -0.1) is 0 Å². The molecule has 0 aliphatic carbocycles. The Hall–Kier alpha value is -1.75. The van der Waals surface area contributed by atoms with Gasteiger partial charge in [0.15, 0.2) is 0 Å². The van der Waals surface area contributed by atoms with E-state index in [0.717, 1.165) is 12.5 Å². The predicted octanol–water partition coefficient (Wildman–Crippen LogP) is 0.565. The summed E-state index contributed by atoms with van der Waals surface area (Å²) in [5, 5.41) is 21.2. The SMILES string of the molecule is CCC(CN)NC(=O)c1ccc(O)cc1O. The van der Waals surface area contributed by atoms with Crippen LogP contribution >= 0.6 is 0 Å². The molecule has 5 N–H and O–H groups in total. The maximum atomic E-state index is 11.7. The lowest BCUT2D eigenvalue weighted by molar-refractivity contribution is 0.0934. The number of phenols is 2. The zero-order valence-corrected chi connectivity index (χ0v) is 9.10. The van der Waals surface area contributed by atoms with Gasteiger partial charge in [0, 0.05) is 18.7 Å². The summed E-state index contributed by atoms with van der Waals surface area (Å²) in [6, 6.07) is 3.72. The van der Waals surface area contributed by atoms with Crippen LogP contribution in [-0.2, 0) is 0 Å². The molecule has 5 heteroatoms. The van der Waals surface area contributed by atoms with Crippen molar-refractivity contribution in [1.29, 1.82) is 0 Å². The van der Waals surface area contributed by atoms with Gasteiger partial charge >= 0.3 is 0 Å². The van der Waals surface area contributed by atoms with Gasteiger partial charge in [0.1, 0.15) is 11.5 Å². The van der Waals surface area contributed by atoms with Crippen LogP contribution in [0.4, 0.5) is 0 Å². The fraction of sp³-hybridized carbons (Fsp3) is 0.364. The Morgan fingerprint density at radius 1 is 1.50 bits per heavy atom. The quantitative estimate of drug-likeness (QED) is 0.601. The number of carbonyl (C=O) groups excluding carboxylic acids is 1. The standard InChI is InChI=1S/C11H16N2O3/c1-2-7(6-12)13-11(16)9-4-3-8(14)5-10(9)15/h3-5,7,14-15H,2,6,12H2,1H3,(H,13,16). The highest BCUT2D eigenvalue weighted by Gasteiger charge is 2.14. The molecule has 1 unspecified atom stereocenters. The minimum Gasteiger partial charge on any atom is -0.508 e. The Labute approximate surface area is 93.9 Å². The number of nitrogens with one attached hydrogen (secondary N) is 1. The van der Waals surface area contributed by atoms with E-state index < -0.39 is 5.91 Å². The molecule has 0 spiro atoms. The van der Waals surface area contributed by atoms with Gasteiger partial charge in [-0.3, -0.25) is 4.79 Å². The predicted molar refractivity (Wildman–Crippen MR) is 60.4 cm³/mol. The number of aromatic hydroxyl groups is 2. The first kappa shape index (κ1) is 12.3. The van der Waals surface area contributed by atoms with Gasteiger partial charge in [0.05, 0.1) is 5.56 Å². The third-order valence-electron chi connectivity index (χ3n) is 2.34. The van der Waals surface area contributed by atoms with Crippen molar-refractivity contribution < 1.29 is 15.0 Å². The van der Waals surface area contributed by atoms with E-state index in [1.807, 2.05) is 6.92 Å². The second-order valence-corrected chi connectivity index (χ2v) is 3.52. The van der Waals surface area contributed by atoms with Gasteiger partial charge in [0.2, 0.25) is 0 Å². The number of benzene rings is 1. The number of nitrogens with two attached hydrogens (primary N) is 1. The molecule has 0 aliphatic heterocycles. The molecule has 5 nitrogen and oxygen atoms in total. The third-order valence-corrected chi connectivity index (χ3v) is 2.34. The number of hydrogen-bond acceptors (Lipinski definition) is 4. The third kappa shape index (κ3) is 2.87. The monoisotopic (exact) mass is 224 g/mol. The fourth-order valence-electron chi connectivity index (χ4n) is 1.30. The lowest BCUT2D eigenvalue weighted by atomic mass is 10.1. The Morgan fingerprint density at radius 3 is 2.69 bits per heavy atom. The number of phenolic OH excluding ortho intramolecular Hbond substituents is 2. The summed E-state index contributed by atoms with van der Waals surface area (Å²) in [4.78, 5) is 11.7. The minimum atomic E-state index is -0.394. The van der Waals surface area contributed by atoms with Gasteiger partial charge < -0.3 is 21.3 Å². The Morgan fingerprint density at radius 2 is 2.19 bits per heavy atom. The highest BCUT2D eigenvalue weighted by atomic mass is 16.3. The van der Waals surface area contributed by atoms with Crippen molar-refractivity contribution in [3.8, 4) is 11.5 Å². The minimum absolute atomic E-state index is 0.0834. The van der Waals surface area contributed by atoms with Crippen LogP contribution in [0, 0.1) is 0 Å². The molecule has 1 aromatic rings. The van der Waals surface area contributed by atoms with Gasteiger partial charge in [0.25, 0.3) is 5.91 Å². The highest BCUT2D eigenvalue weighted by molar-refractivity contribution is 5.97. The molecule has 0 radical (unpaired) electrons. The van der Waals surface area contributed by atoms with E-state index in [1.165, 1.54) is 12.1 Å². The van der Waals surface area contributed by atoms with Crippen LogP contribution < -0.4 is 11.1 Å². The van der Waals surface area contributed by atoms with E-state index in [9.17, 15) is 9.90 Å². The van der Waals surface area contributed by atoms with E-state index >= 15 is 0 Å². The average Bonchev–Trinajstić information content (AvgIpc) is 2.25. The molecule has 88 valence electrons. The molecule has 0 saturated carbocycles. The van der Waals surface area contributed by atoms with Crippen LogP contribution in [0.25, 0.3) is 0 Å². The maximum Gasteiger partial charge on any atom is 0.255 e. The summed E-state index contributed by atoms with van der Waals surface area (Å²) in [7, 11) is 0. The molecule has 0 bridgehead atoms. The largest absolute Gasteiger partial charge is 0.508 e. The van der Waals surface area contributed by atoms with Crippen LogP contribution in [0.3, 0.4) is 0 Å². The van der Waals surface area contributed by atoms with Crippen LogP contribution in [0.15, 0.2) is 18.2 Å². The first-order valence-electron chi connectivity index (χ1n) is 5.11. The zero-order valence-electron chi connectivity index (χ0n) is 9.10. The van der Waals surface area contributed by atoms with Crippen LogP contribution in [0.1, 0.15) is 23.7 Å². The molecule has 1 atom stereocenters. The summed E-state index contributed by atoms with van der Waals surface area (Å²) >= 11 is 0. The molecule has 0 fully saturated rings. The molecule has 0 aliphatic rings. The molecule has 1 rings (SSSR count). The normalized spacial score (nSPS) is 12.1. The van der Waals surface area contributed by atoms with Crippen molar-refractivity contribution >= 4 is 5.91 Å². The smallest absolute Gasteiger partial charge is 0.255 e. The highest BCUT2D eigenvalue weighted by Crippen LogP contribution is 2.22. The van der Waals surface area contributed by atoms with Crippen LogP contribution in [0.5, 0.6) is 11.5 Å². The lowest BCUT2D eigenvalue weighted by Gasteiger charge is -2.15. The first-order valence-corrected chi connectivity index (χ1v) is 5.11. The van der Waals surface area contributed by atoms with Gasteiger partial charge in [-0.2, -0.15) is 0 Å². The second-order valence-electron chi connectivity index (χ2n) is 3.52. The fourth-order valence-corrected chi connectivity index (χ4v) is 1.30. The summed E-state index contributed by atoms with van der Waals surface area (Å²) in [5.74, 6) is -0.723. The number of amides is 1. The van der Waals surface area contributed by atoms with Crippen molar-refractivity contribution in [1.82, 2.24) is 5.32 Å². The second kappa shape index (κ2) is 5.37. The van der Waals surface area contributed by atoms with E-state index in [0.29, 0.717) is 6.54 Å². The summed E-state index contributed by atoms with van der Waals surface area (Å²) < 4.78 is 0. The van der Waals surface area contributed by atoms with E-state index in [2.05, 4.69) is 5.32 Å². The van der Waals surface area contributed by atoms with Gasteiger partial charge in [-0.25, -0.2) is 0 Å². The van der Waals surface area contributed by atoms with Crippen molar-refractivity contribution in [2.75, 3.05) is 6.54 Å². The molecule has 0 heterocycles. The molecule has 1 aromatic carbocycles. The first-order chi connectivity index (χ1) is 7.58. The molecular weight excluding hydrogens is 208 g/mol. The van der Waals surface area contributed by atoms with E-state index in [1.54, 1.807) is 0 Å². The van der Waals surface area contributed by atoms with Gasteiger partial charge in [-0.1, -0.05) is 6.92 Å². The maximum absolute atomic E-state index is 11.7. The number of rotatable bonds is 4. The van der Waals surface area contributed by atoms with E-state index in [-0.39, 0.29) is 23.1 Å². The molecule has 0 saturated heterocycles. The molecule has 16 heavy (non-hydrogen) atoms. The van der Waals surface area contributed by atoms with Crippen molar-refractivity contribution in [2.45, 2.75) is 19.4 Å². The number of carbonyl (C=O) groups is 1. The topological polar surface area (TPSA) is 95.6 Å². The van der Waals surface area contributed by atoms with Crippen molar-refractivity contribution in [3.63, 3.8) is 0 Å². The summed E-state index contributed by atoms with van der Waals surface area (Å²) in [6.45, 7) is 2.26. The van der Waals surface area contributed by atoms with Crippen LogP contribution in [0.2, 0.25) is 0 Å². The van der Waals surface area contributed by atoms with E-state index in [4.69, 9.17) is 10.8 Å². The summed E-state index contributed by atoms with van der Waals surface area (Å²) in [6.07, 6.45) is 0.723. The molecule has 0 aromatic heterocycles. The van der Waals surface area contributed by atoms with Crippen LogP contribution in [-0.4, -0.2) is 28.7 Å². The number of hydrogen-bond donors (Lipinski definition) is 4. The van der Waals surface area contributed by atoms with Gasteiger partial charge in [-0.05, 0) is 18.6 Å². The zero-order chi connectivity index (χ0) is 12.1. The lowest BCUT2D eigenvalue weighted by Crippen LogP contribution is -2.39. The molecular formula is C11H16N2O3. The molecule has 1 amide bonds. The summed E-state index contributed by atoms with van der Waals surface area (Å²) in [5.41, 5.74) is 5.58. The average molecular weight is 224 g/mol. The Bertz CT molecular complexity index is 375. The Kier molecular flexibility index (Phi) is 4.13. The van der Waals surface area contributed by atoms with Crippen molar-refractivity contribution in [3.05, 3.63) is 23.8 Å². The Balaban J connectivity index is 2.80.